The van der Waals surface area contributed by atoms with Gasteiger partial charge in [-0.1, -0.05) is 0 Å². The van der Waals surface area contributed by atoms with Gasteiger partial charge in [-0.15, -0.1) is 0 Å². The molecule has 21 heavy (non-hydrogen) atoms. The van der Waals surface area contributed by atoms with Gasteiger partial charge in [-0.2, -0.15) is 0 Å². The van der Waals surface area contributed by atoms with Crippen LogP contribution in [0.1, 0.15) is 19.8 Å². The average molecular weight is 479 g/mol. The Morgan fingerprint density at radius 1 is 1.67 bits per heavy atom. The SMILES string of the molecule is C#CC1CC(CC)OC1N1CNc2c1nc([NH][Tl])[nH]c2=O. The third-order valence-electron chi connectivity index (χ3n) is 3.90. The van der Waals surface area contributed by atoms with Gasteiger partial charge >= 0.3 is 139 Å². The van der Waals surface area contributed by atoms with Gasteiger partial charge in [-0.25, -0.2) is 0 Å². The first-order chi connectivity index (χ1) is 10.2. The predicted octanol–water partition coefficient (Wildman–Crippen LogP) is 0.229. The number of aromatic nitrogens is 2. The van der Waals surface area contributed by atoms with Crippen LogP contribution in [-0.4, -0.2) is 55.0 Å². The first kappa shape index (κ1) is 14.7. The quantitative estimate of drug-likeness (QED) is 0.426. The van der Waals surface area contributed by atoms with Gasteiger partial charge in [0, 0.05) is 0 Å². The van der Waals surface area contributed by atoms with E-state index in [1.807, 2.05) is 4.90 Å². The molecule has 7 nitrogen and oxygen atoms in total. The molecule has 0 saturated carbocycles. The van der Waals surface area contributed by atoms with E-state index < -0.39 is 0 Å². The van der Waals surface area contributed by atoms with E-state index in [9.17, 15) is 4.79 Å². The van der Waals surface area contributed by atoms with Crippen molar-refractivity contribution in [2.24, 2.45) is 5.92 Å². The van der Waals surface area contributed by atoms with Crippen molar-refractivity contribution >= 4 is 43.5 Å². The maximum absolute atomic E-state index is 12.0. The summed E-state index contributed by atoms with van der Waals surface area (Å²) in [5, 5.41) is 3.08. The van der Waals surface area contributed by atoms with Gasteiger partial charge in [0.25, 0.3) is 0 Å². The molecular weight excluding hydrogens is 463 g/mol. The molecular formula is C13H16N5O2Tl. The number of H-pyrrole nitrogens is 1. The first-order valence-electron chi connectivity index (χ1n) is 6.91. The standard InChI is InChI=1S/C13H17N5O2.Tl/c1-3-7-5-8(4-2)20-12(7)18-6-15-9-10(18)16-13(14)17-11(9)19;/h1,7-8,12,15H,4-6H2,2H3,(H3,14,16,17,19);/q;+1/p-1. The Balaban J connectivity index is 1.95. The van der Waals surface area contributed by atoms with E-state index in [0.717, 1.165) is 12.8 Å². The van der Waals surface area contributed by atoms with Crippen LogP contribution < -0.4 is 18.9 Å². The summed E-state index contributed by atoms with van der Waals surface area (Å²) >= 11 is 0.504. The Labute approximate surface area is 139 Å². The van der Waals surface area contributed by atoms with Crippen LogP contribution in [0.15, 0.2) is 4.79 Å². The van der Waals surface area contributed by atoms with Crippen LogP contribution in [0.3, 0.4) is 0 Å². The number of hydrogen-bond donors (Lipinski definition) is 3. The molecule has 0 radical (unpaired) electrons. The molecule has 1 fully saturated rings. The van der Waals surface area contributed by atoms with Crippen LogP contribution in [0.5, 0.6) is 0 Å². The van der Waals surface area contributed by atoms with Crippen molar-refractivity contribution in [3.63, 3.8) is 0 Å². The summed E-state index contributed by atoms with van der Waals surface area (Å²) in [5.41, 5.74) is 0.311. The predicted molar refractivity (Wildman–Crippen MR) is 81.1 cm³/mol. The van der Waals surface area contributed by atoms with Crippen LogP contribution in [0, 0.1) is 18.3 Å². The number of fused-ring (bicyclic) bond motifs is 1. The number of nitrogens with zero attached hydrogens (tertiary/aromatic N) is 2. The molecule has 1 saturated heterocycles. The van der Waals surface area contributed by atoms with Gasteiger partial charge < -0.3 is 0 Å². The average Bonchev–Trinajstić information content (AvgIpc) is 3.09. The van der Waals surface area contributed by atoms with Gasteiger partial charge in [-0.05, 0) is 0 Å². The minimum atomic E-state index is -0.229. The molecule has 3 rings (SSSR count). The zero-order valence-corrected chi connectivity index (χ0v) is 16.2. The van der Waals surface area contributed by atoms with Gasteiger partial charge in [0.05, 0.1) is 0 Å². The third-order valence-corrected chi connectivity index (χ3v) is 4.97. The van der Waals surface area contributed by atoms with Gasteiger partial charge in [0.15, 0.2) is 0 Å². The summed E-state index contributed by atoms with van der Waals surface area (Å²) in [5.74, 6) is 3.94. The number of aromatic amines is 1. The van der Waals surface area contributed by atoms with Crippen molar-refractivity contribution in [3.8, 4) is 12.3 Å². The molecule has 2 aliphatic heterocycles. The van der Waals surface area contributed by atoms with Crippen LogP contribution in [-0.2, 0) is 4.74 Å². The molecule has 3 N–H and O–H groups in total. The topological polar surface area (TPSA) is 82.3 Å². The summed E-state index contributed by atoms with van der Waals surface area (Å²) in [4.78, 5) is 21.2. The number of ether oxygens (including phenoxy) is 1. The fourth-order valence-electron chi connectivity index (χ4n) is 2.80. The summed E-state index contributed by atoms with van der Waals surface area (Å²) < 4.78 is 9.07. The van der Waals surface area contributed by atoms with E-state index in [0.29, 0.717) is 50.2 Å². The molecule has 0 aliphatic carbocycles. The fraction of sp³-hybridized carbons (Fsp3) is 0.538. The zero-order chi connectivity index (χ0) is 15.0. The second-order valence-electron chi connectivity index (χ2n) is 5.13. The molecule has 0 bridgehead atoms. The summed E-state index contributed by atoms with van der Waals surface area (Å²) in [6, 6.07) is 0. The molecule has 3 atom stereocenters. The second kappa shape index (κ2) is 5.84. The van der Waals surface area contributed by atoms with Crippen LogP contribution in [0.2, 0.25) is 0 Å². The van der Waals surface area contributed by atoms with Crippen molar-refractivity contribution in [1.29, 1.82) is 0 Å². The van der Waals surface area contributed by atoms with Gasteiger partial charge in [0.2, 0.25) is 0 Å². The Bertz CT molecular complexity index is 640. The van der Waals surface area contributed by atoms with E-state index in [1.54, 1.807) is 0 Å². The molecule has 0 spiro atoms. The van der Waals surface area contributed by atoms with Crippen LogP contribution in [0.25, 0.3) is 0 Å². The monoisotopic (exact) mass is 479 g/mol. The number of rotatable bonds is 3. The minimum absolute atomic E-state index is 0.0121. The Morgan fingerprint density at radius 2 is 2.48 bits per heavy atom. The summed E-state index contributed by atoms with van der Waals surface area (Å²) in [6.45, 7) is 2.57. The van der Waals surface area contributed by atoms with Gasteiger partial charge in [0.1, 0.15) is 0 Å². The van der Waals surface area contributed by atoms with Crippen molar-refractivity contribution in [2.45, 2.75) is 32.1 Å². The Morgan fingerprint density at radius 3 is 3.14 bits per heavy atom. The number of terminal acetylenes is 1. The van der Waals surface area contributed by atoms with Gasteiger partial charge in [-0.3, -0.25) is 0 Å². The summed E-state index contributed by atoms with van der Waals surface area (Å²) in [6.07, 6.45) is 7.36. The fourth-order valence-corrected chi connectivity index (χ4v) is 3.33. The first-order valence-corrected chi connectivity index (χ1v) is 9.15. The van der Waals surface area contributed by atoms with E-state index >= 15 is 0 Å². The Kier molecular flexibility index (Phi) is 4.08. The third kappa shape index (κ3) is 2.50. The maximum atomic E-state index is 12.0. The zero-order valence-electron chi connectivity index (χ0n) is 11.7. The number of anilines is 3. The molecule has 8 heteroatoms. The van der Waals surface area contributed by atoms with Crippen LogP contribution >= 0.6 is 0 Å². The van der Waals surface area contributed by atoms with E-state index in [4.69, 9.17) is 11.2 Å². The molecule has 0 amide bonds. The summed E-state index contributed by atoms with van der Waals surface area (Å²) in [7, 11) is 0. The molecule has 3 unspecified atom stereocenters. The van der Waals surface area contributed by atoms with Crippen LogP contribution in [0.4, 0.5) is 17.5 Å². The van der Waals surface area contributed by atoms with Crippen molar-refractivity contribution < 1.29 is 4.74 Å². The van der Waals surface area contributed by atoms with E-state index in [1.165, 1.54) is 0 Å². The molecule has 3 heterocycles. The Hall–Kier alpha value is -1.28. The number of nitrogens with one attached hydrogen (secondary N) is 3. The molecule has 1 aromatic heterocycles. The normalized spacial score (nSPS) is 27.0. The van der Waals surface area contributed by atoms with Crippen molar-refractivity contribution in [3.05, 3.63) is 10.4 Å². The second-order valence-corrected chi connectivity index (χ2v) is 6.25. The van der Waals surface area contributed by atoms with Crippen molar-refractivity contribution in [1.82, 2.24) is 9.97 Å². The van der Waals surface area contributed by atoms with Crippen molar-refractivity contribution in [2.75, 3.05) is 20.0 Å². The molecule has 2 aliphatic rings. The molecule has 1 aromatic rings. The molecule has 108 valence electrons. The number of hydrogen-bond acceptors (Lipinski definition) is 6. The van der Waals surface area contributed by atoms with E-state index in [-0.39, 0.29) is 23.8 Å². The molecule has 0 aromatic carbocycles. The van der Waals surface area contributed by atoms with E-state index in [2.05, 4.69) is 31.3 Å².